The number of aliphatic hydroxyl groups is 1. The Morgan fingerprint density at radius 1 is 1.31 bits per heavy atom. The molecule has 1 rings (SSSR count). The zero-order valence-electron chi connectivity index (χ0n) is 10.6. The van der Waals surface area contributed by atoms with Crippen molar-refractivity contribution in [2.75, 3.05) is 13.7 Å². The average molecular weight is 240 g/mol. The molecule has 0 aromatic heterocycles. The van der Waals surface area contributed by atoms with Crippen molar-refractivity contribution in [3.8, 4) is 5.75 Å². The Hall–Kier alpha value is -0.670. The number of benzene rings is 1. The van der Waals surface area contributed by atoms with Crippen molar-refractivity contribution in [2.45, 2.75) is 37.3 Å². The number of rotatable bonds is 4. The fraction of sp³-hybridized carbons (Fsp3) is 0.538. The maximum absolute atomic E-state index is 9.30. The summed E-state index contributed by atoms with van der Waals surface area (Å²) in [7, 11) is 1.69. The summed E-state index contributed by atoms with van der Waals surface area (Å²) in [5, 5.41) is 9.30. The van der Waals surface area contributed by atoms with E-state index in [9.17, 15) is 5.11 Å². The lowest BCUT2D eigenvalue weighted by Crippen LogP contribution is -2.19. The Bertz CT molecular complexity index is 372. The number of thioether (sulfide) groups is 1. The van der Waals surface area contributed by atoms with Gasteiger partial charge in [-0.3, -0.25) is 0 Å². The van der Waals surface area contributed by atoms with E-state index in [1.54, 1.807) is 18.9 Å². The molecular formula is C13H20O2S. The van der Waals surface area contributed by atoms with Crippen LogP contribution >= 0.6 is 11.8 Å². The lowest BCUT2D eigenvalue weighted by Gasteiger charge is -2.23. The zero-order valence-corrected chi connectivity index (χ0v) is 11.4. The summed E-state index contributed by atoms with van der Waals surface area (Å²) < 4.78 is 5.23. The summed E-state index contributed by atoms with van der Waals surface area (Å²) in [5.74, 6) is 0.914. The van der Waals surface area contributed by atoms with Gasteiger partial charge in [0.05, 0.1) is 18.6 Å². The third kappa shape index (κ3) is 3.16. The molecule has 0 saturated carbocycles. The predicted molar refractivity (Wildman–Crippen MR) is 69.5 cm³/mol. The van der Waals surface area contributed by atoms with E-state index < -0.39 is 0 Å². The van der Waals surface area contributed by atoms with Gasteiger partial charge >= 0.3 is 0 Å². The predicted octanol–water partition coefficient (Wildman–Crippen LogP) is 3.18. The molecule has 1 N–H and O–H groups in total. The third-order valence-electron chi connectivity index (χ3n) is 2.36. The number of hydrogen-bond donors (Lipinski definition) is 1. The molecular weight excluding hydrogens is 220 g/mol. The van der Waals surface area contributed by atoms with Crippen molar-refractivity contribution in [3.63, 3.8) is 0 Å². The minimum absolute atomic E-state index is 0.147. The first-order valence-electron chi connectivity index (χ1n) is 5.35. The number of hydrogen-bond acceptors (Lipinski definition) is 3. The van der Waals surface area contributed by atoms with Gasteiger partial charge in [0.1, 0.15) is 5.75 Å². The molecule has 2 nitrogen and oxygen atoms in total. The highest BCUT2D eigenvalue weighted by Crippen LogP contribution is 2.40. The van der Waals surface area contributed by atoms with E-state index in [2.05, 4.69) is 19.1 Å². The molecule has 90 valence electrons. The highest BCUT2D eigenvalue weighted by Gasteiger charge is 2.21. The topological polar surface area (TPSA) is 29.5 Å². The maximum Gasteiger partial charge on any atom is 0.135 e. The Kier molecular flexibility index (Phi) is 4.28. The minimum atomic E-state index is -0.187. The highest BCUT2D eigenvalue weighted by molar-refractivity contribution is 8.00. The standard InChI is InChI=1S/C13H20O2S/c1-9-6-10(2)12(15-5)11(7-9)16-13(3,4)8-14/h6-7,14H,8H2,1-5H3. The van der Waals surface area contributed by atoms with E-state index >= 15 is 0 Å². The first-order chi connectivity index (χ1) is 7.39. The average Bonchev–Trinajstić information content (AvgIpc) is 2.16. The van der Waals surface area contributed by atoms with Crippen LogP contribution in [-0.2, 0) is 0 Å². The van der Waals surface area contributed by atoms with Crippen LogP contribution in [0.1, 0.15) is 25.0 Å². The van der Waals surface area contributed by atoms with E-state index in [4.69, 9.17) is 4.74 Å². The summed E-state index contributed by atoms with van der Waals surface area (Å²) in [6.07, 6.45) is 0. The van der Waals surface area contributed by atoms with Crippen molar-refractivity contribution in [1.29, 1.82) is 0 Å². The SMILES string of the molecule is COc1c(C)cc(C)cc1SC(C)(C)CO. The second kappa shape index (κ2) is 5.11. The Labute approximate surface area is 102 Å². The van der Waals surface area contributed by atoms with E-state index in [0.717, 1.165) is 16.2 Å². The van der Waals surface area contributed by atoms with Crippen molar-refractivity contribution in [2.24, 2.45) is 0 Å². The van der Waals surface area contributed by atoms with E-state index in [1.165, 1.54) is 5.56 Å². The molecule has 0 aliphatic carbocycles. The van der Waals surface area contributed by atoms with Crippen molar-refractivity contribution >= 4 is 11.8 Å². The van der Waals surface area contributed by atoms with Crippen LogP contribution in [0.15, 0.2) is 17.0 Å². The number of aliphatic hydroxyl groups excluding tert-OH is 1. The first kappa shape index (κ1) is 13.4. The van der Waals surface area contributed by atoms with E-state index in [-0.39, 0.29) is 11.4 Å². The monoisotopic (exact) mass is 240 g/mol. The molecule has 0 bridgehead atoms. The molecule has 1 aromatic rings. The maximum atomic E-state index is 9.30. The number of aryl methyl sites for hydroxylation is 2. The Morgan fingerprint density at radius 3 is 2.44 bits per heavy atom. The van der Waals surface area contributed by atoms with Crippen LogP contribution in [0.4, 0.5) is 0 Å². The largest absolute Gasteiger partial charge is 0.495 e. The van der Waals surface area contributed by atoms with Crippen LogP contribution in [0.3, 0.4) is 0 Å². The van der Waals surface area contributed by atoms with Crippen LogP contribution in [0.5, 0.6) is 5.75 Å². The lowest BCUT2D eigenvalue weighted by molar-refractivity contribution is 0.265. The second-order valence-electron chi connectivity index (χ2n) is 4.63. The fourth-order valence-electron chi connectivity index (χ4n) is 1.58. The van der Waals surface area contributed by atoms with Gasteiger partial charge in [-0.1, -0.05) is 6.07 Å². The summed E-state index contributed by atoms with van der Waals surface area (Å²) in [4.78, 5) is 1.10. The zero-order chi connectivity index (χ0) is 12.3. The molecule has 0 heterocycles. The molecule has 0 saturated heterocycles. The van der Waals surface area contributed by atoms with Crippen LogP contribution in [0.25, 0.3) is 0 Å². The van der Waals surface area contributed by atoms with Gasteiger partial charge < -0.3 is 9.84 Å². The summed E-state index contributed by atoms with van der Waals surface area (Å²) in [5.41, 5.74) is 2.35. The second-order valence-corrected chi connectivity index (χ2v) is 6.38. The number of ether oxygens (including phenoxy) is 1. The van der Waals surface area contributed by atoms with Gasteiger partial charge in [0.2, 0.25) is 0 Å². The molecule has 0 radical (unpaired) electrons. The quantitative estimate of drug-likeness (QED) is 0.820. The van der Waals surface area contributed by atoms with Gasteiger partial charge in [-0.05, 0) is 44.9 Å². The van der Waals surface area contributed by atoms with Crippen molar-refractivity contribution in [3.05, 3.63) is 23.3 Å². The van der Waals surface area contributed by atoms with Gasteiger partial charge in [0.15, 0.2) is 0 Å². The van der Waals surface area contributed by atoms with Crippen LogP contribution in [0.2, 0.25) is 0 Å². The Morgan fingerprint density at radius 2 is 1.94 bits per heavy atom. The molecule has 16 heavy (non-hydrogen) atoms. The molecule has 0 aliphatic rings. The fourth-order valence-corrected chi connectivity index (χ4v) is 2.82. The highest BCUT2D eigenvalue weighted by atomic mass is 32.2. The lowest BCUT2D eigenvalue weighted by atomic mass is 10.1. The molecule has 0 aliphatic heterocycles. The smallest absolute Gasteiger partial charge is 0.135 e. The van der Waals surface area contributed by atoms with Gasteiger partial charge in [0.25, 0.3) is 0 Å². The van der Waals surface area contributed by atoms with Crippen LogP contribution in [-0.4, -0.2) is 23.6 Å². The van der Waals surface area contributed by atoms with Crippen molar-refractivity contribution < 1.29 is 9.84 Å². The molecule has 0 atom stereocenters. The first-order valence-corrected chi connectivity index (χ1v) is 6.16. The normalized spacial score (nSPS) is 11.6. The van der Waals surface area contributed by atoms with E-state index in [1.807, 2.05) is 20.8 Å². The third-order valence-corrected chi connectivity index (χ3v) is 3.56. The summed E-state index contributed by atoms with van der Waals surface area (Å²) in [6, 6.07) is 4.21. The van der Waals surface area contributed by atoms with E-state index in [0.29, 0.717) is 0 Å². The molecule has 3 heteroatoms. The molecule has 0 unspecified atom stereocenters. The summed E-state index contributed by atoms with van der Waals surface area (Å²) >= 11 is 1.65. The van der Waals surface area contributed by atoms with Gasteiger partial charge in [-0.2, -0.15) is 0 Å². The van der Waals surface area contributed by atoms with Gasteiger partial charge in [0, 0.05) is 4.75 Å². The molecule has 0 fully saturated rings. The Balaban J connectivity index is 3.12. The molecule has 1 aromatic carbocycles. The van der Waals surface area contributed by atoms with Crippen LogP contribution < -0.4 is 4.74 Å². The molecule has 0 spiro atoms. The van der Waals surface area contributed by atoms with Crippen molar-refractivity contribution in [1.82, 2.24) is 0 Å². The number of methoxy groups -OCH3 is 1. The molecule has 0 amide bonds. The van der Waals surface area contributed by atoms with Gasteiger partial charge in [-0.15, -0.1) is 11.8 Å². The minimum Gasteiger partial charge on any atom is -0.495 e. The van der Waals surface area contributed by atoms with Gasteiger partial charge in [-0.25, -0.2) is 0 Å². The van der Waals surface area contributed by atoms with Crippen LogP contribution in [0, 0.1) is 13.8 Å². The summed E-state index contributed by atoms with van der Waals surface area (Å²) in [6.45, 7) is 8.31.